The number of benzene rings is 1. The zero-order valence-electron chi connectivity index (χ0n) is 9.28. The van der Waals surface area contributed by atoms with Gasteiger partial charge in [0.2, 0.25) is 0 Å². The Kier molecular flexibility index (Phi) is 3.20. The molecule has 0 saturated heterocycles. The van der Waals surface area contributed by atoms with Gasteiger partial charge in [0.1, 0.15) is 5.82 Å². The van der Waals surface area contributed by atoms with E-state index in [1.807, 2.05) is 30.3 Å². The third kappa shape index (κ3) is 2.34. The number of aromatic nitrogens is 2. The van der Waals surface area contributed by atoms with Gasteiger partial charge in [-0.15, -0.1) is 0 Å². The second-order valence-electron chi connectivity index (χ2n) is 3.70. The molecule has 0 bridgehead atoms. The van der Waals surface area contributed by atoms with Gasteiger partial charge in [0.05, 0.1) is 6.04 Å². The number of nitrogen functional groups attached to an aromatic ring is 1. The van der Waals surface area contributed by atoms with Crippen molar-refractivity contribution < 1.29 is 0 Å². The van der Waals surface area contributed by atoms with Gasteiger partial charge in [-0.3, -0.25) is 4.57 Å². The van der Waals surface area contributed by atoms with E-state index < -0.39 is 0 Å². The summed E-state index contributed by atoms with van der Waals surface area (Å²) in [6, 6.07) is 11.0. The maximum absolute atomic E-state index is 11.7. The highest BCUT2D eigenvalue weighted by atomic mass is 16.1. The van der Waals surface area contributed by atoms with E-state index >= 15 is 0 Å². The molecule has 0 saturated carbocycles. The first kappa shape index (κ1) is 11.3. The number of nitrogens with zero attached hydrogens (tertiary/aromatic N) is 2. The fourth-order valence-corrected chi connectivity index (χ4v) is 1.75. The molecule has 2 aromatic rings. The van der Waals surface area contributed by atoms with Gasteiger partial charge >= 0.3 is 5.69 Å². The fraction of sp³-hybridized carbons (Fsp3) is 0.167. The molecule has 0 aliphatic rings. The van der Waals surface area contributed by atoms with Crippen LogP contribution in [0.25, 0.3) is 0 Å². The summed E-state index contributed by atoms with van der Waals surface area (Å²) in [5, 5.41) is 0. The van der Waals surface area contributed by atoms with E-state index in [9.17, 15) is 4.79 Å². The molecule has 1 aromatic heterocycles. The molecule has 0 fully saturated rings. The van der Waals surface area contributed by atoms with Crippen LogP contribution in [0.4, 0.5) is 5.82 Å². The summed E-state index contributed by atoms with van der Waals surface area (Å²) in [5.74, 6) is 0.218. The quantitative estimate of drug-likeness (QED) is 0.797. The number of hydrogen-bond donors (Lipinski definition) is 2. The third-order valence-electron chi connectivity index (χ3n) is 2.59. The lowest BCUT2D eigenvalue weighted by Gasteiger charge is -2.17. The fourth-order valence-electron chi connectivity index (χ4n) is 1.75. The Morgan fingerprint density at radius 1 is 1.24 bits per heavy atom. The molecule has 88 valence electrons. The van der Waals surface area contributed by atoms with Crippen LogP contribution < -0.4 is 17.2 Å². The summed E-state index contributed by atoms with van der Waals surface area (Å²) in [6.07, 6.45) is 1.62. The van der Waals surface area contributed by atoms with Crippen LogP contribution in [-0.2, 0) is 0 Å². The van der Waals surface area contributed by atoms with Gasteiger partial charge in [0, 0.05) is 12.7 Å². The van der Waals surface area contributed by atoms with Gasteiger partial charge in [0.15, 0.2) is 0 Å². The smallest absolute Gasteiger partial charge is 0.350 e. The summed E-state index contributed by atoms with van der Waals surface area (Å²) in [4.78, 5) is 15.4. The van der Waals surface area contributed by atoms with Crippen LogP contribution in [0.2, 0.25) is 0 Å². The topological polar surface area (TPSA) is 86.9 Å². The maximum Gasteiger partial charge on any atom is 0.350 e. The Hall–Kier alpha value is -2.14. The Morgan fingerprint density at radius 2 is 1.94 bits per heavy atom. The van der Waals surface area contributed by atoms with Gasteiger partial charge < -0.3 is 11.5 Å². The van der Waals surface area contributed by atoms with E-state index in [1.165, 1.54) is 4.57 Å². The Bertz CT molecular complexity index is 550. The summed E-state index contributed by atoms with van der Waals surface area (Å²) in [7, 11) is 0. The van der Waals surface area contributed by atoms with Crippen molar-refractivity contribution in [3.8, 4) is 0 Å². The highest BCUT2D eigenvalue weighted by molar-refractivity contribution is 5.25. The summed E-state index contributed by atoms with van der Waals surface area (Å²) in [5.41, 5.74) is 11.8. The summed E-state index contributed by atoms with van der Waals surface area (Å²) >= 11 is 0. The van der Waals surface area contributed by atoms with Crippen LogP contribution in [0, 0.1) is 0 Å². The molecule has 1 unspecified atom stereocenters. The van der Waals surface area contributed by atoms with Crippen molar-refractivity contribution in [1.82, 2.24) is 9.55 Å². The van der Waals surface area contributed by atoms with Crippen LogP contribution in [0.1, 0.15) is 11.6 Å². The minimum atomic E-state index is -0.385. The molecule has 0 amide bonds. The van der Waals surface area contributed by atoms with E-state index in [1.54, 1.807) is 12.3 Å². The first-order valence-corrected chi connectivity index (χ1v) is 5.32. The van der Waals surface area contributed by atoms with E-state index in [0.717, 1.165) is 5.56 Å². The van der Waals surface area contributed by atoms with Crippen LogP contribution in [0.3, 0.4) is 0 Å². The van der Waals surface area contributed by atoms with Crippen LogP contribution in [-0.4, -0.2) is 16.1 Å². The van der Waals surface area contributed by atoms with Crippen molar-refractivity contribution in [2.24, 2.45) is 5.73 Å². The van der Waals surface area contributed by atoms with E-state index in [0.29, 0.717) is 6.54 Å². The van der Waals surface area contributed by atoms with Gasteiger partial charge in [-0.2, -0.15) is 4.98 Å². The van der Waals surface area contributed by atoms with Crippen molar-refractivity contribution in [3.63, 3.8) is 0 Å². The van der Waals surface area contributed by atoms with Crippen molar-refractivity contribution in [1.29, 1.82) is 0 Å². The minimum absolute atomic E-state index is 0.211. The largest absolute Gasteiger partial charge is 0.383 e. The number of nitrogens with two attached hydrogens (primary N) is 2. The molecule has 1 aromatic carbocycles. The molecule has 4 N–H and O–H groups in total. The summed E-state index contributed by atoms with van der Waals surface area (Å²) in [6.45, 7) is 0.329. The first-order chi connectivity index (χ1) is 8.22. The molecular weight excluding hydrogens is 216 g/mol. The average molecular weight is 230 g/mol. The Balaban J connectivity index is 2.46. The molecule has 1 atom stereocenters. The van der Waals surface area contributed by atoms with Gasteiger partial charge in [-0.05, 0) is 11.6 Å². The molecule has 0 radical (unpaired) electrons. The highest BCUT2D eigenvalue weighted by Crippen LogP contribution is 2.14. The third-order valence-corrected chi connectivity index (χ3v) is 2.59. The Labute approximate surface area is 98.7 Å². The van der Waals surface area contributed by atoms with Crippen LogP contribution in [0.5, 0.6) is 0 Å². The zero-order valence-corrected chi connectivity index (χ0v) is 9.28. The van der Waals surface area contributed by atoms with E-state index in [4.69, 9.17) is 11.5 Å². The van der Waals surface area contributed by atoms with Crippen molar-refractivity contribution in [3.05, 3.63) is 58.6 Å². The van der Waals surface area contributed by atoms with Crippen LogP contribution >= 0.6 is 0 Å². The average Bonchev–Trinajstić information content (AvgIpc) is 2.34. The number of anilines is 1. The lowest BCUT2D eigenvalue weighted by atomic mass is 10.1. The zero-order chi connectivity index (χ0) is 12.3. The molecule has 5 heteroatoms. The molecule has 1 heterocycles. The lowest BCUT2D eigenvalue weighted by Crippen LogP contribution is -2.31. The molecule has 2 rings (SSSR count). The summed E-state index contributed by atoms with van der Waals surface area (Å²) < 4.78 is 1.49. The molecule has 17 heavy (non-hydrogen) atoms. The SMILES string of the molecule is NCC(c1ccccc1)n1ccc(N)nc1=O. The van der Waals surface area contributed by atoms with E-state index in [2.05, 4.69) is 4.98 Å². The normalized spacial score (nSPS) is 12.3. The Morgan fingerprint density at radius 3 is 2.53 bits per heavy atom. The predicted octanol–water partition coefficient (Wildman–Crippen LogP) is 0.374. The van der Waals surface area contributed by atoms with Gasteiger partial charge in [-0.25, -0.2) is 4.79 Å². The van der Waals surface area contributed by atoms with Crippen LogP contribution in [0.15, 0.2) is 47.4 Å². The number of rotatable bonds is 3. The first-order valence-electron chi connectivity index (χ1n) is 5.32. The molecule has 0 aliphatic carbocycles. The molecular formula is C12H14N4O. The van der Waals surface area contributed by atoms with Gasteiger partial charge in [0.25, 0.3) is 0 Å². The number of hydrogen-bond acceptors (Lipinski definition) is 4. The second-order valence-corrected chi connectivity index (χ2v) is 3.70. The minimum Gasteiger partial charge on any atom is -0.383 e. The highest BCUT2D eigenvalue weighted by Gasteiger charge is 2.13. The monoisotopic (exact) mass is 230 g/mol. The van der Waals surface area contributed by atoms with Crippen molar-refractivity contribution in [2.75, 3.05) is 12.3 Å². The molecule has 0 spiro atoms. The standard InChI is InChI=1S/C12H14N4O/c13-8-10(9-4-2-1-3-5-9)16-7-6-11(14)15-12(16)17/h1-7,10H,8,13H2,(H2,14,15,17). The van der Waals surface area contributed by atoms with Crippen molar-refractivity contribution >= 4 is 5.82 Å². The molecule has 5 nitrogen and oxygen atoms in total. The van der Waals surface area contributed by atoms with Gasteiger partial charge in [-0.1, -0.05) is 30.3 Å². The maximum atomic E-state index is 11.7. The predicted molar refractivity (Wildman–Crippen MR) is 66.5 cm³/mol. The van der Waals surface area contributed by atoms with Crippen molar-refractivity contribution in [2.45, 2.75) is 6.04 Å². The van der Waals surface area contributed by atoms with E-state index in [-0.39, 0.29) is 17.5 Å². The second kappa shape index (κ2) is 4.80. The molecule has 0 aliphatic heterocycles. The lowest BCUT2D eigenvalue weighted by molar-refractivity contribution is 0.562.